The molecular formula is C33H34ClN3O7. The first-order chi connectivity index (χ1) is 21.3. The smallest absolute Gasteiger partial charge is 0.313 e. The van der Waals surface area contributed by atoms with E-state index in [1.165, 1.54) is 9.80 Å². The van der Waals surface area contributed by atoms with Gasteiger partial charge in [0.25, 0.3) is 5.91 Å². The summed E-state index contributed by atoms with van der Waals surface area (Å²) < 4.78 is 12.5. The first-order valence-electron chi connectivity index (χ1n) is 14.8. The highest BCUT2D eigenvalue weighted by Gasteiger charge is 2.73. The maximum Gasteiger partial charge on any atom is 0.313 e. The summed E-state index contributed by atoms with van der Waals surface area (Å²) in [6.45, 7) is 1.36. The fourth-order valence-corrected chi connectivity index (χ4v) is 7.15. The Hall–Kier alpha value is -3.99. The lowest BCUT2D eigenvalue weighted by Gasteiger charge is -2.36. The minimum atomic E-state index is -1.45. The number of nitrogens with one attached hydrogen (secondary N) is 1. The SMILES string of the molecule is C[C@H]1NC(=O)CC/C=C\CN(c2ccccc2Cl)C(=O)[C@@H]2N(CCO)C(=O)[C@H]3[C@H](C(=O)O[C@@H]1c1ccccc1)[C@@H]1C=C[C@]23O1. The van der Waals surface area contributed by atoms with Crippen molar-refractivity contribution in [3.8, 4) is 0 Å². The van der Waals surface area contributed by atoms with Crippen LogP contribution in [0, 0.1) is 11.8 Å². The Bertz CT molecular complexity index is 1510. The zero-order valence-corrected chi connectivity index (χ0v) is 24.9. The number of hydrogen-bond donors (Lipinski definition) is 2. The second kappa shape index (κ2) is 12.2. The molecule has 2 fully saturated rings. The van der Waals surface area contributed by atoms with Gasteiger partial charge < -0.3 is 29.7 Å². The number of rotatable bonds is 4. The lowest BCUT2D eigenvalue weighted by Crippen LogP contribution is -2.56. The number of fused-ring (bicyclic) bond motifs is 2. The number of carbonyl (C=O) groups excluding carboxylic acids is 4. The van der Waals surface area contributed by atoms with Crippen LogP contribution in [0.5, 0.6) is 0 Å². The molecule has 0 saturated carbocycles. The molecule has 3 amide bonds. The minimum absolute atomic E-state index is 0.105. The van der Waals surface area contributed by atoms with Gasteiger partial charge in [-0.25, -0.2) is 0 Å². The van der Waals surface area contributed by atoms with Crippen LogP contribution in [0.15, 0.2) is 78.9 Å². The quantitative estimate of drug-likeness (QED) is 0.398. The average Bonchev–Trinajstić information content (AvgIpc) is 3.65. The van der Waals surface area contributed by atoms with Crippen molar-refractivity contribution in [1.82, 2.24) is 10.2 Å². The van der Waals surface area contributed by atoms with Crippen molar-refractivity contribution < 1.29 is 33.8 Å². The first kappa shape index (κ1) is 30.1. The van der Waals surface area contributed by atoms with E-state index < -0.39 is 59.5 Å². The van der Waals surface area contributed by atoms with E-state index in [0.29, 0.717) is 22.7 Å². The molecule has 4 heterocycles. The number of hydrogen-bond acceptors (Lipinski definition) is 7. The molecule has 0 radical (unpaired) electrons. The van der Waals surface area contributed by atoms with E-state index in [-0.39, 0.29) is 32.0 Å². The molecule has 4 aliphatic rings. The summed E-state index contributed by atoms with van der Waals surface area (Å²) in [6, 6.07) is 14.2. The molecule has 0 unspecified atom stereocenters. The number of ether oxygens (including phenoxy) is 2. The van der Waals surface area contributed by atoms with E-state index in [1.54, 1.807) is 49.4 Å². The van der Waals surface area contributed by atoms with E-state index >= 15 is 0 Å². The van der Waals surface area contributed by atoms with Gasteiger partial charge in [-0.1, -0.05) is 78.4 Å². The largest absolute Gasteiger partial charge is 0.455 e. The standard InChI is InChI=1S/C33H34ClN3O7/c1-20-28(21-10-4-2-5-11-21)43-32(42)26-24-15-16-33(44-24)27(26)30(40)37(18-19-38)29(33)31(41)36(23-13-8-7-12-22(23)34)17-9-3-6-14-25(39)35-20/h2-5,7-13,15-16,20,24,26-29,38H,6,14,17-19H2,1H3,(H,35,39)/b9-3-/t20-,24+,26-,27-,28+,29+,33-/m1/s1. The van der Waals surface area contributed by atoms with Crippen LogP contribution in [0.25, 0.3) is 0 Å². The van der Waals surface area contributed by atoms with Crippen molar-refractivity contribution in [2.45, 2.75) is 49.7 Å². The zero-order valence-electron chi connectivity index (χ0n) is 24.2. The maximum absolute atomic E-state index is 14.6. The number of cyclic esters (lactones) is 1. The third-order valence-corrected chi connectivity index (χ3v) is 9.16. The third-order valence-electron chi connectivity index (χ3n) is 8.84. The number of carbonyl (C=O) groups is 4. The van der Waals surface area contributed by atoms with Gasteiger partial charge >= 0.3 is 5.97 Å². The first-order valence-corrected chi connectivity index (χ1v) is 15.2. The summed E-state index contributed by atoms with van der Waals surface area (Å²) in [4.78, 5) is 58.4. The van der Waals surface area contributed by atoms with Gasteiger partial charge in [-0.2, -0.15) is 0 Å². The molecule has 2 saturated heterocycles. The Morgan fingerprint density at radius 1 is 1.02 bits per heavy atom. The summed E-state index contributed by atoms with van der Waals surface area (Å²) in [7, 11) is 0. The fourth-order valence-electron chi connectivity index (χ4n) is 6.91. The van der Waals surface area contributed by atoms with Gasteiger partial charge in [0.05, 0.1) is 35.4 Å². The normalized spacial score (nSPS) is 32.9. The molecule has 0 aromatic heterocycles. The predicted molar refractivity (Wildman–Crippen MR) is 161 cm³/mol. The maximum atomic E-state index is 14.6. The Labute approximate surface area is 260 Å². The molecule has 6 rings (SSSR count). The molecule has 44 heavy (non-hydrogen) atoms. The molecule has 2 N–H and O–H groups in total. The van der Waals surface area contributed by atoms with Gasteiger partial charge in [-0.05, 0) is 31.0 Å². The number of anilines is 1. The molecule has 4 aliphatic heterocycles. The van der Waals surface area contributed by atoms with Crippen molar-refractivity contribution >= 4 is 41.0 Å². The molecule has 1 spiro atoms. The Morgan fingerprint density at radius 3 is 2.52 bits per heavy atom. The van der Waals surface area contributed by atoms with Gasteiger partial charge in [0, 0.05) is 19.5 Å². The van der Waals surface area contributed by atoms with E-state index in [2.05, 4.69) is 5.32 Å². The Balaban J connectivity index is 1.44. The van der Waals surface area contributed by atoms with Gasteiger partial charge in [-0.3, -0.25) is 19.2 Å². The summed E-state index contributed by atoms with van der Waals surface area (Å²) in [5, 5.41) is 13.2. The monoisotopic (exact) mass is 619 g/mol. The highest BCUT2D eigenvalue weighted by Crippen LogP contribution is 2.56. The lowest BCUT2D eigenvalue weighted by molar-refractivity contribution is -0.161. The van der Waals surface area contributed by atoms with E-state index in [1.807, 2.05) is 36.4 Å². The van der Waals surface area contributed by atoms with Gasteiger partial charge in [0.1, 0.15) is 23.7 Å². The summed E-state index contributed by atoms with van der Waals surface area (Å²) in [5.74, 6) is -3.91. The molecule has 7 atom stereocenters. The van der Waals surface area contributed by atoms with Gasteiger partial charge in [0.2, 0.25) is 11.8 Å². The van der Waals surface area contributed by atoms with E-state index in [9.17, 15) is 24.3 Å². The van der Waals surface area contributed by atoms with Crippen molar-refractivity contribution in [1.29, 1.82) is 0 Å². The van der Waals surface area contributed by atoms with E-state index in [0.717, 1.165) is 0 Å². The van der Waals surface area contributed by atoms with Crippen LogP contribution in [-0.2, 0) is 28.7 Å². The molecule has 10 nitrogen and oxygen atoms in total. The highest BCUT2D eigenvalue weighted by atomic mass is 35.5. The molecule has 230 valence electrons. The summed E-state index contributed by atoms with van der Waals surface area (Å²) in [5.41, 5.74) is -0.330. The number of β-amino-alcohol motifs (C(OH)–C–C–N with tert-alkyl or cyclic N) is 1. The lowest BCUT2D eigenvalue weighted by atomic mass is 9.74. The van der Waals surface area contributed by atoms with Crippen LogP contribution < -0.4 is 10.2 Å². The summed E-state index contributed by atoms with van der Waals surface area (Å²) >= 11 is 6.55. The molecule has 2 aromatic rings. The average molecular weight is 620 g/mol. The number of likely N-dealkylation sites (tertiary alicyclic amines) is 1. The fraction of sp³-hybridized carbons (Fsp3) is 0.394. The van der Waals surface area contributed by atoms with E-state index in [4.69, 9.17) is 21.1 Å². The predicted octanol–water partition coefficient (Wildman–Crippen LogP) is 2.96. The number of esters is 1. The van der Waals surface area contributed by atoms with Crippen molar-refractivity contribution in [2.75, 3.05) is 24.6 Å². The number of benzene rings is 2. The second-order valence-electron chi connectivity index (χ2n) is 11.5. The highest BCUT2D eigenvalue weighted by molar-refractivity contribution is 6.34. The molecule has 0 aliphatic carbocycles. The van der Waals surface area contributed by atoms with Gasteiger partial charge in [-0.15, -0.1) is 0 Å². The van der Waals surface area contributed by atoms with Crippen LogP contribution in [0.2, 0.25) is 5.02 Å². The van der Waals surface area contributed by atoms with Crippen LogP contribution in [0.1, 0.15) is 31.4 Å². The van der Waals surface area contributed by atoms with Crippen LogP contribution in [-0.4, -0.2) is 77.2 Å². The van der Waals surface area contributed by atoms with Crippen LogP contribution >= 0.6 is 11.6 Å². The van der Waals surface area contributed by atoms with Gasteiger partial charge in [0.15, 0.2) is 0 Å². The summed E-state index contributed by atoms with van der Waals surface area (Å²) in [6.07, 6.45) is 5.96. The Kier molecular flexibility index (Phi) is 8.32. The number of amides is 3. The number of allylic oxidation sites excluding steroid dienone is 1. The Morgan fingerprint density at radius 2 is 1.77 bits per heavy atom. The number of halogens is 1. The number of nitrogens with zero attached hydrogens (tertiary/aromatic N) is 2. The minimum Gasteiger partial charge on any atom is -0.455 e. The van der Waals surface area contributed by atoms with Crippen LogP contribution in [0.3, 0.4) is 0 Å². The zero-order chi connectivity index (χ0) is 31.0. The second-order valence-corrected chi connectivity index (χ2v) is 11.9. The van der Waals surface area contributed by atoms with Crippen molar-refractivity contribution in [3.05, 3.63) is 89.5 Å². The molecule has 5 bridgehead atoms. The molecule has 2 aromatic carbocycles. The van der Waals surface area contributed by atoms with Crippen molar-refractivity contribution in [2.24, 2.45) is 11.8 Å². The molecule has 11 heteroatoms. The molecular weight excluding hydrogens is 586 g/mol. The topological polar surface area (TPSA) is 125 Å². The van der Waals surface area contributed by atoms with Crippen molar-refractivity contribution in [3.63, 3.8) is 0 Å². The number of aliphatic hydroxyl groups excluding tert-OH is 1. The van der Waals surface area contributed by atoms with Crippen LogP contribution in [0.4, 0.5) is 5.69 Å². The number of aliphatic hydroxyl groups is 1. The number of para-hydroxylation sites is 1. The third kappa shape index (κ3) is 5.10.